The van der Waals surface area contributed by atoms with E-state index in [-0.39, 0.29) is 24.1 Å². The Hall–Kier alpha value is -2.26. The van der Waals surface area contributed by atoms with E-state index in [9.17, 15) is 14.9 Å². The van der Waals surface area contributed by atoms with Gasteiger partial charge in [-0.05, 0) is 22.9 Å². The Labute approximate surface area is 120 Å². The molecule has 0 saturated carbocycles. The van der Waals surface area contributed by atoms with Crippen molar-refractivity contribution < 1.29 is 23.9 Å². The molecule has 2 rings (SSSR count). The number of hydrogen-bond acceptors (Lipinski definition) is 7. The van der Waals surface area contributed by atoms with Crippen molar-refractivity contribution in [2.75, 3.05) is 25.7 Å². The van der Waals surface area contributed by atoms with Crippen LogP contribution in [-0.2, 0) is 14.3 Å². The predicted octanol–water partition coefficient (Wildman–Crippen LogP) is 0.723. The van der Waals surface area contributed by atoms with Gasteiger partial charge in [-0.3, -0.25) is 9.69 Å². The SMILES string of the molecule is COC(CN1C(=O)C(C)Oc2ccc([N+](=O)[O-])nc21)OC. The van der Waals surface area contributed by atoms with E-state index in [4.69, 9.17) is 14.2 Å². The minimum Gasteiger partial charge on any atom is -0.475 e. The number of nitrogens with zero attached hydrogens (tertiary/aromatic N) is 3. The number of ether oxygens (including phenoxy) is 3. The van der Waals surface area contributed by atoms with Crippen LogP contribution in [0.25, 0.3) is 0 Å². The zero-order valence-electron chi connectivity index (χ0n) is 11.8. The van der Waals surface area contributed by atoms with Gasteiger partial charge in [0.15, 0.2) is 18.1 Å². The van der Waals surface area contributed by atoms with Crippen LogP contribution in [-0.4, -0.2) is 49.0 Å². The molecule has 0 fully saturated rings. The fourth-order valence-corrected chi connectivity index (χ4v) is 1.95. The summed E-state index contributed by atoms with van der Waals surface area (Å²) in [6.45, 7) is 1.65. The number of hydrogen-bond donors (Lipinski definition) is 0. The summed E-state index contributed by atoms with van der Waals surface area (Å²) in [7, 11) is 2.87. The van der Waals surface area contributed by atoms with Gasteiger partial charge in [0.05, 0.1) is 6.54 Å². The van der Waals surface area contributed by atoms with E-state index < -0.39 is 17.3 Å². The number of fused-ring (bicyclic) bond motifs is 1. The van der Waals surface area contributed by atoms with Crippen molar-refractivity contribution >= 4 is 17.5 Å². The number of methoxy groups -OCH3 is 2. The molecule has 1 atom stereocenters. The lowest BCUT2D eigenvalue weighted by molar-refractivity contribution is -0.389. The van der Waals surface area contributed by atoms with Crippen LogP contribution in [0.5, 0.6) is 5.75 Å². The fourth-order valence-electron chi connectivity index (χ4n) is 1.95. The molecule has 9 nitrogen and oxygen atoms in total. The molecule has 1 amide bonds. The second-order valence-corrected chi connectivity index (χ2v) is 4.36. The first kappa shape index (κ1) is 15.1. The van der Waals surface area contributed by atoms with E-state index in [2.05, 4.69) is 4.98 Å². The first-order valence-electron chi connectivity index (χ1n) is 6.17. The van der Waals surface area contributed by atoms with Gasteiger partial charge in [-0.15, -0.1) is 0 Å². The highest BCUT2D eigenvalue weighted by atomic mass is 16.7. The third-order valence-electron chi connectivity index (χ3n) is 3.04. The Morgan fingerprint density at radius 1 is 1.48 bits per heavy atom. The maximum Gasteiger partial charge on any atom is 0.366 e. The highest BCUT2D eigenvalue weighted by Crippen LogP contribution is 2.34. The summed E-state index contributed by atoms with van der Waals surface area (Å²) in [5, 5.41) is 10.8. The quantitative estimate of drug-likeness (QED) is 0.448. The Morgan fingerprint density at radius 3 is 2.71 bits per heavy atom. The lowest BCUT2D eigenvalue weighted by Crippen LogP contribution is -2.48. The van der Waals surface area contributed by atoms with E-state index in [1.165, 1.54) is 31.3 Å². The summed E-state index contributed by atoms with van der Waals surface area (Å²) >= 11 is 0. The van der Waals surface area contributed by atoms with Crippen LogP contribution >= 0.6 is 0 Å². The van der Waals surface area contributed by atoms with Gasteiger partial charge in [0, 0.05) is 20.3 Å². The largest absolute Gasteiger partial charge is 0.475 e. The molecule has 114 valence electrons. The van der Waals surface area contributed by atoms with E-state index >= 15 is 0 Å². The lowest BCUT2D eigenvalue weighted by Gasteiger charge is -2.31. The van der Waals surface area contributed by atoms with Gasteiger partial charge in [-0.1, -0.05) is 0 Å². The average molecular weight is 297 g/mol. The molecular weight excluding hydrogens is 282 g/mol. The molecule has 1 aliphatic rings. The summed E-state index contributed by atoms with van der Waals surface area (Å²) in [6, 6.07) is 2.65. The lowest BCUT2D eigenvalue weighted by atomic mass is 10.2. The fraction of sp³-hybridized carbons (Fsp3) is 0.500. The van der Waals surface area contributed by atoms with Crippen LogP contribution in [0.1, 0.15) is 6.92 Å². The molecule has 2 heterocycles. The summed E-state index contributed by atoms with van der Waals surface area (Å²) < 4.78 is 15.5. The molecule has 0 bridgehead atoms. The van der Waals surface area contributed by atoms with Crippen molar-refractivity contribution in [1.29, 1.82) is 0 Å². The third kappa shape index (κ3) is 2.93. The molecule has 9 heteroatoms. The van der Waals surface area contributed by atoms with Gasteiger partial charge in [-0.2, -0.15) is 0 Å². The normalized spacial score (nSPS) is 17.6. The molecule has 1 aromatic heterocycles. The smallest absolute Gasteiger partial charge is 0.366 e. The number of anilines is 1. The number of pyridine rings is 1. The summed E-state index contributed by atoms with van der Waals surface area (Å²) in [4.78, 5) is 27.5. The van der Waals surface area contributed by atoms with Crippen molar-refractivity contribution in [3.05, 3.63) is 22.2 Å². The zero-order valence-corrected chi connectivity index (χ0v) is 11.8. The maximum absolute atomic E-state index is 12.2. The highest BCUT2D eigenvalue weighted by molar-refractivity contribution is 5.98. The van der Waals surface area contributed by atoms with Crippen molar-refractivity contribution in [3.63, 3.8) is 0 Å². The van der Waals surface area contributed by atoms with Crippen LogP contribution in [0.4, 0.5) is 11.6 Å². The van der Waals surface area contributed by atoms with Gasteiger partial charge >= 0.3 is 5.82 Å². The van der Waals surface area contributed by atoms with E-state index in [1.54, 1.807) is 6.92 Å². The number of nitro groups is 1. The molecule has 0 spiro atoms. The van der Waals surface area contributed by atoms with Crippen LogP contribution in [0.15, 0.2) is 12.1 Å². The molecule has 1 aromatic rings. The second kappa shape index (κ2) is 6.02. The second-order valence-electron chi connectivity index (χ2n) is 4.36. The highest BCUT2D eigenvalue weighted by Gasteiger charge is 2.38. The van der Waals surface area contributed by atoms with Crippen LogP contribution < -0.4 is 9.64 Å². The standard InChI is InChI=1S/C12H15N3O6/c1-7-12(16)14(6-10(19-2)20-3)11-8(21-7)4-5-9(13-11)15(17)18/h4-5,7,10H,6H2,1-3H3. The molecule has 0 aliphatic carbocycles. The molecule has 21 heavy (non-hydrogen) atoms. The van der Waals surface area contributed by atoms with Gasteiger partial charge < -0.3 is 24.3 Å². The Bertz CT molecular complexity index is 560. The average Bonchev–Trinajstić information content (AvgIpc) is 2.47. The third-order valence-corrected chi connectivity index (χ3v) is 3.04. The van der Waals surface area contributed by atoms with E-state index in [0.717, 1.165) is 0 Å². The predicted molar refractivity (Wildman–Crippen MR) is 71.1 cm³/mol. The van der Waals surface area contributed by atoms with Crippen LogP contribution in [0.3, 0.4) is 0 Å². The molecule has 0 aromatic carbocycles. The first-order valence-corrected chi connectivity index (χ1v) is 6.17. The van der Waals surface area contributed by atoms with Gasteiger partial charge in [-0.25, -0.2) is 0 Å². The topological polar surface area (TPSA) is 104 Å². The number of carbonyl (C=O) groups is 1. The zero-order chi connectivity index (χ0) is 15.6. The van der Waals surface area contributed by atoms with E-state index in [0.29, 0.717) is 5.75 Å². The molecule has 1 aliphatic heterocycles. The Balaban J connectivity index is 2.41. The minimum atomic E-state index is -0.713. The Kier molecular flexibility index (Phi) is 4.34. The van der Waals surface area contributed by atoms with Crippen molar-refractivity contribution in [2.45, 2.75) is 19.3 Å². The summed E-state index contributed by atoms with van der Waals surface area (Å²) in [5.74, 6) is -0.337. The minimum absolute atomic E-state index is 0.0563. The van der Waals surface area contributed by atoms with Crippen LogP contribution in [0.2, 0.25) is 0 Å². The molecule has 0 N–H and O–H groups in total. The molecular formula is C12H15N3O6. The monoisotopic (exact) mass is 297 g/mol. The molecule has 1 unspecified atom stereocenters. The van der Waals surface area contributed by atoms with Gasteiger partial charge in [0.2, 0.25) is 0 Å². The van der Waals surface area contributed by atoms with Gasteiger partial charge in [0.1, 0.15) is 0 Å². The first-order chi connectivity index (χ1) is 9.97. The Morgan fingerprint density at radius 2 is 2.14 bits per heavy atom. The summed E-state index contributed by atoms with van der Waals surface area (Å²) in [6.07, 6.45) is -1.39. The maximum atomic E-state index is 12.2. The van der Waals surface area contributed by atoms with Crippen molar-refractivity contribution in [2.24, 2.45) is 0 Å². The number of carbonyl (C=O) groups excluding carboxylic acids is 1. The summed E-state index contributed by atoms with van der Waals surface area (Å²) in [5.41, 5.74) is 0. The number of amides is 1. The van der Waals surface area contributed by atoms with Crippen LogP contribution in [0, 0.1) is 10.1 Å². The van der Waals surface area contributed by atoms with E-state index in [1.807, 2.05) is 0 Å². The number of rotatable bonds is 5. The van der Waals surface area contributed by atoms with Crippen molar-refractivity contribution in [1.82, 2.24) is 4.98 Å². The molecule has 0 saturated heterocycles. The van der Waals surface area contributed by atoms with Crippen molar-refractivity contribution in [3.8, 4) is 5.75 Å². The van der Waals surface area contributed by atoms with Gasteiger partial charge in [0.25, 0.3) is 11.7 Å². The molecule has 0 radical (unpaired) electrons. The number of aromatic nitrogens is 1.